The third-order valence-electron chi connectivity index (χ3n) is 3.99. The second-order valence-electron chi connectivity index (χ2n) is 5.89. The molecule has 4 N–H and O–H groups in total. The highest BCUT2D eigenvalue weighted by Crippen LogP contribution is 2.24. The van der Waals surface area contributed by atoms with E-state index in [0.717, 1.165) is 11.4 Å². The van der Waals surface area contributed by atoms with E-state index in [4.69, 9.17) is 15.3 Å². The van der Waals surface area contributed by atoms with Crippen molar-refractivity contribution in [2.75, 3.05) is 36.4 Å². The largest absolute Gasteiger partial charge is 0.497 e. The maximum Gasteiger partial charge on any atom is 0.234 e. The number of nitrogens with one attached hydrogen (secondary N) is 2. The Kier molecular flexibility index (Phi) is 6.80. The van der Waals surface area contributed by atoms with Crippen LogP contribution in [0.5, 0.6) is 11.5 Å². The van der Waals surface area contributed by atoms with Gasteiger partial charge < -0.3 is 25.9 Å². The van der Waals surface area contributed by atoms with Crippen LogP contribution in [0, 0.1) is 0 Å². The highest BCUT2D eigenvalue weighted by Gasteiger charge is 2.13. The number of thioether (sulfide) groups is 1. The first-order chi connectivity index (χ1) is 14.1. The predicted octanol–water partition coefficient (Wildman–Crippen LogP) is 2.35. The minimum Gasteiger partial charge on any atom is -0.497 e. The van der Waals surface area contributed by atoms with Gasteiger partial charge in [0.2, 0.25) is 11.1 Å². The van der Waals surface area contributed by atoms with Crippen molar-refractivity contribution in [3.8, 4) is 11.5 Å². The van der Waals surface area contributed by atoms with E-state index in [1.54, 1.807) is 26.4 Å². The molecule has 0 bridgehead atoms. The summed E-state index contributed by atoms with van der Waals surface area (Å²) in [5.41, 5.74) is 1.51. The number of aromatic nitrogens is 3. The van der Waals surface area contributed by atoms with E-state index in [-0.39, 0.29) is 11.7 Å². The van der Waals surface area contributed by atoms with Crippen molar-refractivity contribution in [2.45, 2.75) is 11.7 Å². The molecule has 152 valence electrons. The fourth-order valence-corrected chi connectivity index (χ4v) is 3.16. The van der Waals surface area contributed by atoms with Crippen LogP contribution in [0.1, 0.15) is 5.82 Å². The number of anilines is 2. The lowest BCUT2D eigenvalue weighted by molar-refractivity contribution is -0.113. The van der Waals surface area contributed by atoms with Gasteiger partial charge in [0, 0.05) is 5.69 Å². The summed E-state index contributed by atoms with van der Waals surface area (Å²) >= 11 is 1.20. The van der Waals surface area contributed by atoms with Gasteiger partial charge >= 0.3 is 0 Å². The number of para-hydroxylation sites is 2. The van der Waals surface area contributed by atoms with Crippen molar-refractivity contribution in [2.24, 2.45) is 0 Å². The van der Waals surface area contributed by atoms with E-state index >= 15 is 0 Å². The molecule has 0 aliphatic carbocycles. The van der Waals surface area contributed by atoms with Gasteiger partial charge in [-0.1, -0.05) is 23.9 Å². The fourth-order valence-electron chi connectivity index (χ4n) is 2.48. The molecule has 1 heterocycles. The van der Waals surface area contributed by atoms with Crippen molar-refractivity contribution in [1.29, 1.82) is 0 Å². The third-order valence-corrected chi connectivity index (χ3v) is 4.93. The van der Waals surface area contributed by atoms with Gasteiger partial charge in [-0.3, -0.25) is 4.79 Å². The summed E-state index contributed by atoms with van der Waals surface area (Å²) in [7, 11) is 3.17. The maximum absolute atomic E-state index is 12.2. The molecule has 0 spiro atoms. The van der Waals surface area contributed by atoms with Crippen LogP contribution in [0.15, 0.2) is 53.7 Å². The SMILES string of the molecule is COc1ccc(NCc2nnc(SCC(=O)Nc3ccccc3OC)n2N)cc1. The van der Waals surface area contributed by atoms with Crippen LogP contribution in [0.25, 0.3) is 0 Å². The van der Waals surface area contributed by atoms with Crippen LogP contribution < -0.4 is 25.9 Å². The number of carbonyl (C=O) groups excluding carboxylic acids is 1. The Morgan fingerprint density at radius 2 is 1.86 bits per heavy atom. The standard InChI is InChI=1S/C19H22N6O3S/c1-27-14-9-7-13(8-10-14)21-11-17-23-24-19(25(17)20)29-12-18(26)22-15-5-3-4-6-16(15)28-2/h3-10,21H,11-12,20H2,1-2H3,(H,22,26). The Morgan fingerprint density at radius 1 is 1.10 bits per heavy atom. The van der Waals surface area contributed by atoms with Crippen LogP contribution >= 0.6 is 11.8 Å². The van der Waals surface area contributed by atoms with Gasteiger partial charge in [-0.05, 0) is 36.4 Å². The van der Waals surface area contributed by atoms with Gasteiger partial charge in [0.05, 0.1) is 32.2 Å². The number of methoxy groups -OCH3 is 2. The molecular formula is C19H22N6O3S. The lowest BCUT2D eigenvalue weighted by Gasteiger charge is -2.09. The number of carbonyl (C=O) groups is 1. The van der Waals surface area contributed by atoms with Crippen molar-refractivity contribution in [3.05, 3.63) is 54.4 Å². The lowest BCUT2D eigenvalue weighted by Crippen LogP contribution is -2.18. The Labute approximate surface area is 172 Å². The van der Waals surface area contributed by atoms with E-state index in [0.29, 0.717) is 29.0 Å². The minimum absolute atomic E-state index is 0.138. The molecule has 0 saturated heterocycles. The molecule has 1 amide bonds. The Morgan fingerprint density at radius 3 is 2.59 bits per heavy atom. The molecule has 3 aromatic rings. The molecule has 29 heavy (non-hydrogen) atoms. The van der Waals surface area contributed by atoms with Gasteiger partial charge in [-0.15, -0.1) is 10.2 Å². The second-order valence-corrected chi connectivity index (χ2v) is 6.83. The second kappa shape index (κ2) is 9.69. The molecule has 0 unspecified atom stereocenters. The van der Waals surface area contributed by atoms with Crippen LogP contribution in [-0.2, 0) is 11.3 Å². The predicted molar refractivity (Wildman–Crippen MR) is 113 cm³/mol. The first-order valence-corrected chi connectivity index (χ1v) is 9.72. The van der Waals surface area contributed by atoms with E-state index in [9.17, 15) is 4.79 Å². The summed E-state index contributed by atoms with van der Waals surface area (Å²) < 4.78 is 11.7. The van der Waals surface area contributed by atoms with Gasteiger partial charge in [-0.2, -0.15) is 0 Å². The number of ether oxygens (including phenoxy) is 2. The number of nitrogens with zero attached hydrogens (tertiary/aromatic N) is 3. The molecule has 3 rings (SSSR count). The first kappa shape index (κ1) is 20.3. The molecular weight excluding hydrogens is 392 g/mol. The lowest BCUT2D eigenvalue weighted by atomic mass is 10.3. The summed E-state index contributed by atoms with van der Waals surface area (Å²) in [6.07, 6.45) is 0. The van der Waals surface area contributed by atoms with Crippen LogP contribution in [0.4, 0.5) is 11.4 Å². The minimum atomic E-state index is -0.194. The molecule has 0 radical (unpaired) electrons. The van der Waals surface area contributed by atoms with Crippen molar-refractivity contribution in [3.63, 3.8) is 0 Å². The molecule has 10 heteroatoms. The Bertz CT molecular complexity index is 961. The van der Waals surface area contributed by atoms with Crippen LogP contribution in [0.3, 0.4) is 0 Å². The quantitative estimate of drug-likeness (QED) is 0.361. The van der Waals surface area contributed by atoms with E-state index in [1.165, 1.54) is 16.4 Å². The zero-order valence-electron chi connectivity index (χ0n) is 16.1. The van der Waals surface area contributed by atoms with E-state index < -0.39 is 0 Å². The monoisotopic (exact) mass is 414 g/mol. The number of nitrogen functional groups attached to an aromatic ring is 1. The van der Waals surface area contributed by atoms with Crippen molar-refractivity contribution >= 4 is 29.0 Å². The summed E-state index contributed by atoms with van der Waals surface area (Å²) in [5.74, 6) is 7.93. The van der Waals surface area contributed by atoms with Crippen molar-refractivity contribution in [1.82, 2.24) is 14.9 Å². The maximum atomic E-state index is 12.2. The summed E-state index contributed by atoms with van der Waals surface area (Å²) in [6, 6.07) is 14.7. The summed E-state index contributed by atoms with van der Waals surface area (Å²) in [4.78, 5) is 12.2. The van der Waals surface area contributed by atoms with Crippen LogP contribution in [-0.4, -0.2) is 40.8 Å². The molecule has 0 saturated carbocycles. The van der Waals surface area contributed by atoms with Crippen LogP contribution in [0.2, 0.25) is 0 Å². The average molecular weight is 414 g/mol. The molecule has 2 aromatic carbocycles. The molecule has 0 aliphatic heterocycles. The molecule has 0 fully saturated rings. The number of rotatable bonds is 9. The molecule has 9 nitrogen and oxygen atoms in total. The molecule has 0 atom stereocenters. The summed E-state index contributed by atoms with van der Waals surface area (Å²) in [6.45, 7) is 0.393. The van der Waals surface area contributed by atoms with Gasteiger partial charge in [0.25, 0.3) is 0 Å². The highest BCUT2D eigenvalue weighted by molar-refractivity contribution is 7.99. The smallest absolute Gasteiger partial charge is 0.234 e. The number of benzene rings is 2. The third kappa shape index (κ3) is 5.32. The average Bonchev–Trinajstić information content (AvgIpc) is 3.11. The normalized spacial score (nSPS) is 10.4. The number of hydrogen-bond acceptors (Lipinski definition) is 8. The topological polar surface area (TPSA) is 116 Å². The summed E-state index contributed by atoms with van der Waals surface area (Å²) in [5, 5.41) is 14.6. The van der Waals surface area contributed by atoms with Gasteiger partial charge in [0.1, 0.15) is 11.5 Å². The zero-order chi connectivity index (χ0) is 20.6. The Hall–Kier alpha value is -3.40. The highest BCUT2D eigenvalue weighted by atomic mass is 32.2. The van der Waals surface area contributed by atoms with Crippen molar-refractivity contribution < 1.29 is 14.3 Å². The molecule has 0 aliphatic rings. The first-order valence-electron chi connectivity index (χ1n) is 8.73. The zero-order valence-corrected chi connectivity index (χ0v) is 16.9. The Balaban J connectivity index is 1.53. The van der Waals surface area contributed by atoms with E-state index in [2.05, 4.69) is 20.8 Å². The number of nitrogens with two attached hydrogens (primary N) is 1. The molecule has 1 aromatic heterocycles. The van der Waals surface area contributed by atoms with Gasteiger partial charge in [-0.25, -0.2) is 4.68 Å². The fraction of sp³-hybridized carbons (Fsp3) is 0.211. The van der Waals surface area contributed by atoms with Gasteiger partial charge in [0.15, 0.2) is 5.82 Å². The van der Waals surface area contributed by atoms with E-state index in [1.807, 2.05) is 36.4 Å². The number of hydrogen-bond donors (Lipinski definition) is 3. The number of amides is 1.